The fourth-order valence-corrected chi connectivity index (χ4v) is 1.82. The highest BCUT2D eigenvalue weighted by molar-refractivity contribution is 5.02. The van der Waals surface area contributed by atoms with Gasteiger partial charge in [-0.1, -0.05) is 17.7 Å². The molecule has 0 radical (unpaired) electrons. The van der Waals surface area contributed by atoms with Crippen LogP contribution in [0.5, 0.6) is 0 Å². The Hall–Kier alpha value is -0.640. The van der Waals surface area contributed by atoms with Gasteiger partial charge in [-0.15, -0.1) is 6.58 Å². The van der Waals surface area contributed by atoms with Crippen LogP contribution in [0.1, 0.15) is 53.4 Å². The molecule has 0 aliphatic rings. The van der Waals surface area contributed by atoms with Crippen molar-refractivity contribution in [3.63, 3.8) is 0 Å². The van der Waals surface area contributed by atoms with E-state index in [1.807, 2.05) is 13.0 Å². The molecule has 0 aromatic heterocycles. The summed E-state index contributed by atoms with van der Waals surface area (Å²) >= 11 is 0. The monoisotopic (exact) mass is 256 g/mol. The van der Waals surface area contributed by atoms with Crippen molar-refractivity contribution in [3.05, 3.63) is 24.3 Å². The molecule has 0 amide bonds. The van der Waals surface area contributed by atoms with Crippen LogP contribution in [-0.2, 0) is 0 Å². The second kappa shape index (κ2) is 7.07. The number of rotatable bonds is 8. The van der Waals surface area contributed by atoms with Crippen LogP contribution >= 0.6 is 0 Å². The smallest absolute Gasteiger partial charge is 0.0800 e. The van der Waals surface area contributed by atoms with Gasteiger partial charge in [0.2, 0.25) is 0 Å². The molecule has 0 aliphatic carbocycles. The first-order valence-electron chi connectivity index (χ1n) is 6.48. The highest BCUT2D eigenvalue weighted by Crippen LogP contribution is 2.18. The standard InChI is InChI=1S/C15H28O3/c1-6-15(5,18)9-7-8-12(2)10-13(16)11-14(3,4)17/h6,8,13,16-18H,1,7,9-11H2,2-5H3. The van der Waals surface area contributed by atoms with Gasteiger partial charge in [-0.25, -0.2) is 0 Å². The summed E-state index contributed by atoms with van der Waals surface area (Å²) in [5, 5.41) is 29.1. The zero-order chi connectivity index (χ0) is 14.4. The van der Waals surface area contributed by atoms with Gasteiger partial charge >= 0.3 is 0 Å². The van der Waals surface area contributed by atoms with E-state index < -0.39 is 17.3 Å². The summed E-state index contributed by atoms with van der Waals surface area (Å²) in [6.07, 6.45) is 5.32. The summed E-state index contributed by atoms with van der Waals surface area (Å²) in [6, 6.07) is 0. The highest BCUT2D eigenvalue weighted by atomic mass is 16.3. The van der Waals surface area contributed by atoms with E-state index >= 15 is 0 Å². The summed E-state index contributed by atoms with van der Waals surface area (Å²) in [6.45, 7) is 10.6. The van der Waals surface area contributed by atoms with Crippen LogP contribution in [0.25, 0.3) is 0 Å². The zero-order valence-electron chi connectivity index (χ0n) is 12.1. The minimum absolute atomic E-state index is 0.364. The van der Waals surface area contributed by atoms with E-state index in [2.05, 4.69) is 6.58 Å². The molecule has 0 fully saturated rings. The average Bonchev–Trinajstić information content (AvgIpc) is 2.13. The first kappa shape index (κ1) is 17.4. The van der Waals surface area contributed by atoms with E-state index in [9.17, 15) is 15.3 Å². The van der Waals surface area contributed by atoms with Crippen LogP contribution in [-0.4, -0.2) is 32.6 Å². The lowest BCUT2D eigenvalue weighted by atomic mass is 9.95. The fourth-order valence-electron chi connectivity index (χ4n) is 1.82. The highest BCUT2D eigenvalue weighted by Gasteiger charge is 2.18. The number of hydrogen-bond acceptors (Lipinski definition) is 3. The second-order valence-electron chi connectivity index (χ2n) is 6.02. The molecule has 0 rings (SSSR count). The fraction of sp³-hybridized carbons (Fsp3) is 0.733. The van der Waals surface area contributed by atoms with E-state index in [1.54, 1.807) is 26.8 Å². The Morgan fingerprint density at radius 2 is 1.83 bits per heavy atom. The van der Waals surface area contributed by atoms with Crippen molar-refractivity contribution in [2.45, 2.75) is 70.7 Å². The Balaban J connectivity index is 4.09. The van der Waals surface area contributed by atoms with Gasteiger partial charge in [0.15, 0.2) is 0 Å². The third-order valence-corrected chi connectivity index (χ3v) is 2.88. The molecule has 3 heteroatoms. The van der Waals surface area contributed by atoms with Gasteiger partial charge in [0, 0.05) is 6.42 Å². The minimum Gasteiger partial charge on any atom is -0.393 e. The van der Waals surface area contributed by atoms with Gasteiger partial charge in [-0.2, -0.15) is 0 Å². The van der Waals surface area contributed by atoms with Crippen LogP contribution in [0, 0.1) is 0 Å². The van der Waals surface area contributed by atoms with Crippen molar-refractivity contribution in [2.24, 2.45) is 0 Å². The van der Waals surface area contributed by atoms with E-state index in [-0.39, 0.29) is 0 Å². The van der Waals surface area contributed by atoms with Gasteiger partial charge in [0.05, 0.1) is 17.3 Å². The van der Waals surface area contributed by atoms with Crippen LogP contribution in [0.15, 0.2) is 24.3 Å². The van der Waals surface area contributed by atoms with Gasteiger partial charge in [-0.3, -0.25) is 0 Å². The van der Waals surface area contributed by atoms with Crippen LogP contribution in [0.2, 0.25) is 0 Å². The Morgan fingerprint density at radius 1 is 1.28 bits per heavy atom. The lowest BCUT2D eigenvalue weighted by Crippen LogP contribution is -2.26. The molecule has 0 heterocycles. The Morgan fingerprint density at radius 3 is 2.28 bits per heavy atom. The van der Waals surface area contributed by atoms with Crippen molar-refractivity contribution < 1.29 is 15.3 Å². The van der Waals surface area contributed by atoms with Gasteiger partial charge in [0.25, 0.3) is 0 Å². The maximum atomic E-state index is 9.79. The molecule has 0 aromatic rings. The molecule has 3 N–H and O–H groups in total. The van der Waals surface area contributed by atoms with Gasteiger partial charge in [0.1, 0.15) is 0 Å². The summed E-state index contributed by atoms with van der Waals surface area (Å²) in [7, 11) is 0. The summed E-state index contributed by atoms with van der Waals surface area (Å²) in [5.41, 5.74) is -0.596. The third kappa shape index (κ3) is 9.40. The van der Waals surface area contributed by atoms with Crippen LogP contribution in [0.4, 0.5) is 0 Å². The average molecular weight is 256 g/mol. The van der Waals surface area contributed by atoms with Crippen LogP contribution < -0.4 is 0 Å². The number of aliphatic hydroxyl groups excluding tert-OH is 1. The normalized spacial score (nSPS) is 18.3. The Labute approximate surface area is 111 Å². The molecule has 0 aliphatic heterocycles. The quantitative estimate of drug-likeness (QED) is 0.585. The van der Waals surface area contributed by atoms with Crippen molar-refractivity contribution in [1.82, 2.24) is 0 Å². The molecule has 2 unspecified atom stereocenters. The van der Waals surface area contributed by atoms with E-state index in [0.717, 1.165) is 12.0 Å². The van der Waals surface area contributed by atoms with Crippen molar-refractivity contribution in [1.29, 1.82) is 0 Å². The molecule has 2 atom stereocenters. The molecule has 3 nitrogen and oxygen atoms in total. The summed E-state index contributed by atoms with van der Waals surface area (Å²) < 4.78 is 0. The first-order valence-corrected chi connectivity index (χ1v) is 6.48. The van der Waals surface area contributed by atoms with Gasteiger partial charge in [-0.05, 0) is 47.0 Å². The topological polar surface area (TPSA) is 60.7 Å². The van der Waals surface area contributed by atoms with Crippen LogP contribution in [0.3, 0.4) is 0 Å². The van der Waals surface area contributed by atoms with Crippen molar-refractivity contribution in [2.75, 3.05) is 0 Å². The summed E-state index contributed by atoms with van der Waals surface area (Å²) in [5.74, 6) is 0. The number of allylic oxidation sites excluding steroid dienone is 1. The first-order chi connectivity index (χ1) is 8.06. The molecular weight excluding hydrogens is 228 g/mol. The molecule has 0 saturated carbocycles. The molecule has 0 aromatic carbocycles. The summed E-state index contributed by atoms with van der Waals surface area (Å²) in [4.78, 5) is 0. The minimum atomic E-state index is -0.841. The molecule has 18 heavy (non-hydrogen) atoms. The Kier molecular flexibility index (Phi) is 6.82. The molecule has 0 spiro atoms. The third-order valence-electron chi connectivity index (χ3n) is 2.88. The predicted molar refractivity (Wildman–Crippen MR) is 75.4 cm³/mol. The number of aliphatic hydroxyl groups is 3. The van der Waals surface area contributed by atoms with Crippen molar-refractivity contribution >= 4 is 0 Å². The maximum Gasteiger partial charge on any atom is 0.0800 e. The van der Waals surface area contributed by atoms with E-state index in [1.165, 1.54) is 0 Å². The SMILES string of the molecule is C=CC(C)(O)CCC=C(C)CC(O)CC(C)(C)O. The zero-order valence-corrected chi connectivity index (χ0v) is 12.1. The Bertz CT molecular complexity index is 285. The second-order valence-corrected chi connectivity index (χ2v) is 6.02. The largest absolute Gasteiger partial charge is 0.393 e. The van der Waals surface area contributed by atoms with E-state index in [0.29, 0.717) is 19.3 Å². The van der Waals surface area contributed by atoms with Gasteiger partial charge < -0.3 is 15.3 Å². The van der Waals surface area contributed by atoms with E-state index in [4.69, 9.17) is 0 Å². The van der Waals surface area contributed by atoms with Crippen molar-refractivity contribution in [3.8, 4) is 0 Å². The lowest BCUT2D eigenvalue weighted by Gasteiger charge is -2.21. The molecule has 0 saturated heterocycles. The predicted octanol–water partition coefficient (Wildman–Crippen LogP) is 2.56. The molecule has 106 valence electrons. The molecular formula is C15H28O3. The maximum absolute atomic E-state index is 9.79. The molecule has 0 bridgehead atoms. The lowest BCUT2D eigenvalue weighted by molar-refractivity contribution is 0.0189. The number of hydrogen-bond donors (Lipinski definition) is 3.